The highest BCUT2D eigenvalue weighted by Gasteiger charge is 2.30. The summed E-state index contributed by atoms with van der Waals surface area (Å²) in [6.45, 7) is 3.47. The largest absolute Gasteiger partial charge is 0.346 e. The number of ether oxygens (including phenoxy) is 2. The van der Waals surface area contributed by atoms with Gasteiger partial charge in [0, 0.05) is 5.56 Å². The van der Waals surface area contributed by atoms with Gasteiger partial charge in [0.1, 0.15) is 0 Å². The molecule has 13 heavy (non-hydrogen) atoms. The van der Waals surface area contributed by atoms with E-state index in [9.17, 15) is 0 Å². The number of hydrogen-bond acceptors (Lipinski definition) is 2. The van der Waals surface area contributed by atoms with E-state index in [2.05, 4.69) is 6.07 Å². The SMILES string of the molecule is CC1(c2[c]cccc2)OCCCO1. The van der Waals surface area contributed by atoms with Crippen molar-refractivity contribution < 1.29 is 9.47 Å². The van der Waals surface area contributed by atoms with E-state index in [1.807, 2.05) is 31.2 Å². The van der Waals surface area contributed by atoms with Crippen molar-refractivity contribution in [3.63, 3.8) is 0 Å². The van der Waals surface area contributed by atoms with Crippen LogP contribution in [-0.2, 0) is 15.3 Å². The van der Waals surface area contributed by atoms with Crippen molar-refractivity contribution in [1.82, 2.24) is 0 Å². The maximum Gasteiger partial charge on any atom is 0.192 e. The number of hydrogen-bond donors (Lipinski definition) is 0. The summed E-state index contributed by atoms with van der Waals surface area (Å²) in [7, 11) is 0. The topological polar surface area (TPSA) is 18.5 Å². The fraction of sp³-hybridized carbons (Fsp3) is 0.455. The van der Waals surface area contributed by atoms with Gasteiger partial charge in [0.15, 0.2) is 5.79 Å². The van der Waals surface area contributed by atoms with E-state index in [1.54, 1.807) is 0 Å². The monoisotopic (exact) mass is 177 g/mol. The summed E-state index contributed by atoms with van der Waals surface area (Å²) in [5.41, 5.74) is 0.967. The molecule has 0 saturated carbocycles. The molecule has 0 amide bonds. The Labute approximate surface area is 78.5 Å². The van der Waals surface area contributed by atoms with Gasteiger partial charge in [0.05, 0.1) is 13.2 Å². The van der Waals surface area contributed by atoms with Crippen molar-refractivity contribution in [2.45, 2.75) is 19.1 Å². The Morgan fingerprint density at radius 3 is 2.69 bits per heavy atom. The second kappa shape index (κ2) is 3.48. The molecule has 0 spiro atoms. The van der Waals surface area contributed by atoms with E-state index in [0.717, 1.165) is 25.2 Å². The number of rotatable bonds is 1. The van der Waals surface area contributed by atoms with E-state index in [4.69, 9.17) is 9.47 Å². The lowest BCUT2D eigenvalue weighted by atomic mass is 10.1. The van der Waals surface area contributed by atoms with Crippen LogP contribution in [0, 0.1) is 6.07 Å². The summed E-state index contributed by atoms with van der Waals surface area (Å²) >= 11 is 0. The molecule has 2 rings (SSSR count). The van der Waals surface area contributed by atoms with Crippen molar-refractivity contribution in [2.24, 2.45) is 0 Å². The third-order valence-electron chi connectivity index (χ3n) is 2.24. The van der Waals surface area contributed by atoms with E-state index in [0.29, 0.717) is 0 Å². The van der Waals surface area contributed by atoms with Crippen molar-refractivity contribution >= 4 is 0 Å². The molecule has 2 nitrogen and oxygen atoms in total. The maximum atomic E-state index is 5.60. The molecule has 0 unspecified atom stereocenters. The van der Waals surface area contributed by atoms with Crippen LogP contribution in [0.5, 0.6) is 0 Å². The quantitative estimate of drug-likeness (QED) is 0.654. The zero-order valence-electron chi connectivity index (χ0n) is 7.75. The van der Waals surface area contributed by atoms with Gasteiger partial charge in [-0.15, -0.1) is 0 Å². The molecule has 0 N–H and O–H groups in total. The zero-order valence-corrected chi connectivity index (χ0v) is 7.75. The predicted molar refractivity (Wildman–Crippen MR) is 49.2 cm³/mol. The van der Waals surface area contributed by atoms with Gasteiger partial charge in [-0.3, -0.25) is 0 Å². The van der Waals surface area contributed by atoms with Crippen molar-refractivity contribution in [3.8, 4) is 0 Å². The molecule has 1 saturated heterocycles. The van der Waals surface area contributed by atoms with E-state index in [-0.39, 0.29) is 0 Å². The van der Waals surface area contributed by atoms with Crippen LogP contribution in [0.4, 0.5) is 0 Å². The molecule has 0 bridgehead atoms. The lowest BCUT2D eigenvalue weighted by molar-refractivity contribution is -0.265. The van der Waals surface area contributed by atoms with E-state index >= 15 is 0 Å². The van der Waals surface area contributed by atoms with Gasteiger partial charge in [0.2, 0.25) is 0 Å². The summed E-state index contributed by atoms with van der Waals surface area (Å²) in [5, 5.41) is 0. The van der Waals surface area contributed by atoms with Crippen molar-refractivity contribution in [2.75, 3.05) is 13.2 Å². The molecule has 69 valence electrons. The Hall–Kier alpha value is -0.860. The Kier molecular flexibility index (Phi) is 2.34. The Bertz CT molecular complexity index is 263. The molecule has 0 aliphatic carbocycles. The second-order valence-corrected chi connectivity index (χ2v) is 3.27. The summed E-state index contributed by atoms with van der Waals surface area (Å²) < 4.78 is 11.2. The summed E-state index contributed by atoms with van der Waals surface area (Å²) in [6, 6.07) is 10.9. The average molecular weight is 177 g/mol. The zero-order chi connectivity index (χ0) is 9.15. The van der Waals surface area contributed by atoms with Crippen molar-refractivity contribution in [1.29, 1.82) is 0 Å². The Morgan fingerprint density at radius 2 is 2.08 bits per heavy atom. The summed E-state index contributed by atoms with van der Waals surface area (Å²) in [6.07, 6.45) is 0.975. The fourth-order valence-corrected chi connectivity index (χ4v) is 1.47. The first-order chi connectivity index (χ1) is 6.31. The van der Waals surface area contributed by atoms with Crippen LogP contribution in [0.15, 0.2) is 24.3 Å². The molecule has 0 atom stereocenters. The Balaban J connectivity index is 2.23. The van der Waals surface area contributed by atoms with Crippen LogP contribution in [0.1, 0.15) is 18.9 Å². The predicted octanol–water partition coefficient (Wildman–Crippen LogP) is 2.10. The molecule has 1 aliphatic heterocycles. The van der Waals surface area contributed by atoms with E-state index in [1.165, 1.54) is 0 Å². The Morgan fingerprint density at radius 1 is 1.31 bits per heavy atom. The molecule has 1 heterocycles. The molecule has 1 aromatic carbocycles. The second-order valence-electron chi connectivity index (χ2n) is 3.27. The summed E-state index contributed by atoms with van der Waals surface area (Å²) in [5.74, 6) is -0.584. The average Bonchev–Trinajstić information content (AvgIpc) is 2.20. The standard InChI is InChI=1S/C11H13O2/c1-11(12-8-5-9-13-11)10-6-3-2-4-7-10/h2-4,6H,5,8-9H2,1H3. The lowest BCUT2D eigenvalue weighted by Crippen LogP contribution is -2.34. The molecular formula is C11H13O2. The lowest BCUT2D eigenvalue weighted by Gasteiger charge is -2.33. The molecule has 2 heteroatoms. The third kappa shape index (κ3) is 1.74. The van der Waals surface area contributed by atoms with Crippen LogP contribution >= 0.6 is 0 Å². The first-order valence-corrected chi connectivity index (χ1v) is 4.56. The van der Waals surface area contributed by atoms with Gasteiger partial charge in [-0.1, -0.05) is 24.3 Å². The molecule has 1 aromatic rings. The smallest absolute Gasteiger partial charge is 0.192 e. The van der Waals surface area contributed by atoms with Gasteiger partial charge in [-0.05, 0) is 19.4 Å². The molecule has 1 fully saturated rings. The van der Waals surface area contributed by atoms with Crippen LogP contribution in [0.3, 0.4) is 0 Å². The minimum absolute atomic E-state index is 0.584. The van der Waals surface area contributed by atoms with Gasteiger partial charge in [-0.2, -0.15) is 0 Å². The van der Waals surface area contributed by atoms with Crippen molar-refractivity contribution in [3.05, 3.63) is 35.9 Å². The third-order valence-corrected chi connectivity index (χ3v) is 2.24. The summed E-state index contributed by atoms with van der Waals surface area (Å²) in [4.78, 5) is 0. The van der Waals surface area contributed by atoms with Crippen LogP contribution < -0.4 is 0 Å². The fourth-order valence-electron chi connectivity index (χ4n) is 1.47. The highest BCUT2D eigenvalue weighted by molar-refractivity contribution is 5.18. The minimum atomic E-state index is -0.584. The molecule has 1 radical (unpaired) electrons. The van der Waals surface area contributed by atoms with Crippen LogP contribution in [0.2, 0.25) is 0 Å². The highest BCUT2D eigenvalue weighted by Crippen LogP contribution is 2.29. The van der Waals surface area contributed by atoms with Gasteiger partial charge in [-0.25, -0.2) is 0 Å². The molecule has 1 aliphatic rings. The van der Waals surface area contributed by atoms with Gasteiger partial charge in [0.25, 0.3) is 0 Å². The molecule has 0 aromatic heterocycles. The molecular weight excluding hydrogens is 164 g/mol. The minimum Gasteiger partial charge on any atom is -0.346 e. The van der Waals surface area contributed by atoms with E-state index < -0.39 is 5.79 Å². The van der Waals surface area contributed by atoms with Gasteiger partial charge >= 0.3 is 0 Å². The first kappa shape index (κ1) is 8.73. The van der Waals surface area contributed by atoms with Gasteiger partial charge < -0.3 is 9.47 Å². The number of benzene rings is 1. The van der Waals surface area contributed by atoms with Crippen LogP contribution in [-0.4, -0.2) is 13.2 Å². The maximum absolute atomic E-state index is 5.60. The first-order valence-electron chi connectivity index (χ1n) is 4.56. The highest BCUT2D eigenvalue weighted by atomic mass is 16.7. The normalized spacial score (nSPS) is 21.3. The van der Waals surface area contributed by atoms with Crippen LogP contribution in [0.25, 0.3) is 0 Å².